The Labute approximate surface area is 97.5 Å². The normalized spacial score (nSPS) is 14.9. The van der Waals surface area contributed by atoms with E-state index in [0.717, 1.165) is 6.54 Å². The first-order valence-electron chi connectivity index (χ1n) is 5.71. The quantitative estimate of drug-likeness (QED) is 0.760. The van der Waals surface area contributed by atoms with Crippen molar-refractivity contribution in [1.82, 2.24) is 4.90 Å². The number of para-hydroxylation sites is 1. The first-order valence-corrected chi connectivity index (χ1v) is 5.71. The van der Waals surface area contributed by atoms with Gasteiger partial charge in [0.05, 0.1) is 0 Å². The zero-order valence-corrected chi connectivity index (χ0v) is 9.88. The van der Waals surface area contributed by atoms with Crippen LogP contribution in [0.2, 0.25) is 0 Å². The lowest BCUT2D eigenvalue weighted by atomic mass is 10.2. The SMILES string of the molecule is CC(C)CN1C=CN(c2ccccc2)C=C1. The molecule has 1 aliphatic rings. The summed E-state index contributed by atoms with van der Waals surface area (Å²) < 4.78 is 0. The highest BCUT2D eigenvalue weighted by Gasteiger charge is 2.06. The summed E-state index contributed by atoms with van der Waals surface area (Å²) in [4.78, 5) is 4.33. The van der Waals surface area contributed by atoms with Crippen LogP contribution in [0.15, 0.2) is 55.1 Å². The van der Waals surface area contributed by atoms with E-state index in [2.05, 4.69) is 72.7 Å². The second-order valence-electron chi connectivity index (χ2n) is 4.43. The van der Waals surface area contributed by atoms with E-state index in [1.54, 1.807) is 0 Å². The molecule has 0 amide bonds. The van der Waals surface area contributed by atoms with Crippen LogP contribution in [-0.2, 0) is 0 Å². The zero-order chi connectivity index (χ0) is 11.4. The maximum Gasteiger partial charge on any atom is 0.0450 e. The molecule has 0 fully saturated rings. The fourth-order valence-corrected chi connectivity index (χ4v) is 1.73. The van der Waals surface area contributed by atoms with Crippen molar-refractivity contribution in [3.05, 3.63) is 55.1 Å². The third kappa shape index (κ3) is 2.66. The fourth-order valence-electron chi connectivity index (χ4n) is 1.73. The van der Waals surface area contributed by atoms with Crippen LogP contribution in [0, 0.1) is 5.92 Å². The lowest BCUT2D eigenvalue weighted by Gasteiger charge is -2.26. The Bertz CT molecular complexity index is 365. The Hall–Kier alpha value is -1.70. The smallest absolute Gasteiger partial charge is 0.0450 e. The van der Waals surface area contributed by atoms with E-state index in [1.165, 1.54) is 5.69 Å². The molecule has 0 atom stereocenters. The van der Waals surface area contributed by atoms with E-state index >= 15 is 0 Å². The van der Waals surface area contributed by atoms with E-state index in [9.17, 15) is 0 Å². The molecule has 16 heavy (non-hydrogen) atoms. The summed E-state index contributed by atoms with van der Waals surface area (Å²) in [6.45, 7) is 5.52. The summed E-state index contributed by atoms with van der Waals surface area (Å²) in [5.74, 6) is 0.678. The molecule has 1 aromatic carbocycles. The number of hydrogen-bond donors (Lipinski definition) is 0. The molecule has 0 spiro atoms. The molecular weight excluding hydrogens is 196 g/mol. The van der Waals surface area contributed by atoms with Gasteiger partial charge in [-0.3, -0.25) is 0 Å². The fraction of sp³-hybridized carbons (Fsp3) is 0.286. The average molecular weight is 214 g/mol. The van der Waals surface area contributed by atoms with E-state index < -0.39 is 0 Å². The number of benzene rings is 1. The summed E-state index contributed by atoms with van der Waals surface area (Å²) in [5, 5.41) is 0. The van der Waals surface area contributed by atoms with Crippen LogP contribution < -0.4 is 4.90 Å². The summed E-state index contributed by atoms with van der Waals surface area (Å²) in [7, 11) is 0. The molecule has 1 aliphatic heterocycles. The van der Waals surface area contributed by atoms with Crippen molar-refractivity contribution < 1.29 is 0 Å². The highest BCUT2D eigenvalue weighted by atomic mass is 15.2. The van der Waals surface area contributed by atoms with Crippen LogP contribution >= 0.6 is 0 Å². The van der Waals surface area contributed by atoms with Gasteiger partial charge < -0.3 is 9.80 Å². The largest absolute Gasteiger partial charge is 0.351 e. The first kappa shape index (κ1) is 10.8. The molecule has 0 unspecified atom stereocenters. The average Bonchev–Trinajstić information content (AvgIpc) is 2.30. The van der Waals surface area contributed by atoms with Crippen molar-refractivity contribution >= 4 is 5.69 Å². The van der Waals surface area contributed by atoms with Gasteiger partial charge in [-0.15, -0.1) is 0 Å². The van der Waals surface area contributed by atoms with Crippen molar-refractivity contribution in [3.63, 3.8) is 0 Å². The first-order chi connectivity index (χ1) is 7.75. The van der Waals surface area contributed by atoms with Crippen molar-refractivity contribution in [2.75, 3.05) is 11.4 Å². The lowest BCUT2D eigenvalue weighted by molar-refractivity contribution is 0.420. The Morgan fingerprint density at radius 1 is 0.938 bits per heavy atom. The zero-order valence-electron chi connectivity index (χ0n) is 9.88. The maximum absolute atomic E-state index is 2.23. The Balaban J connectivity index is 2.01. The highest BCUT2D eigenvalue weighted by molar-refractivity contribution is 5.52. The number of hydrogen-bond acceptors (Lipinski definition) is 2. The second-order valence-corrected chi connectivity index (χ2v) is 4.43. The lowest BCUT2D eigenvalue weighted by Crippen LogP contribution is -2.22. The van der Waals surface area contributed by atoms with Crippen LogP contribution in [0.25, 0.3) is 0 Å². The Morgan fingerprint density at radius 3 is 2.12 bits per heavy atom. The van der Waals surface area contributed by atoms with E-state index in [4.69, 9.17) is 0 Å². The van der Waals surface area contributed by atoms with Gasteiger partial charge in [0.15, 0.2) is 0 Å². The van der Waals surface area contributed by atoms with Gasteiger partial charge in [-0.05, 0) is 18.1 Å². The van der Waals surface area contributed by atoms with E-state index in [-0.39, 0.29) is 0 Å². The summed E-state index contributed by atoms with van der Waals surface area (Å²) in [6, 6.07) is 10.3. The molecule has 2 rings (SSSR count). The van der Waals surface area contributed by atoms with Crippen LogP contribution in [0.5, 0.6) is 0 Å². The van der Waals surface area contributed by atoms with Gasteiger partial charge in [0.2, 0.25) is 0 Å². The molecule has 0 radical (unpaired) electrons. The van der Waals surface area contributed by atoms with Gasteiger partial charge in [-0.2, -0.15) is 0 Å². The minimum atomic E-state index is 0.678. The van der Waals surface area contributed by atoms with Crippen LogP contribution in [-0.4, -0.2) is 11.4 Å². The predicted molar refractivity (Wildman–Crippen MR) is 68.7 cm³/mol. The third-order valence-corrected chi connectivity index (χ3v) is 2.47. The highest BCUT2D eigenvalue weighted by Crippen LogP contribution is 2.17. The molecule has 0 aliphatic carbocycles. The van der Waals surface area contributed by atoms with Gasteiger partial charge in [-0.1, -0.05) is 32.0 Å². The number of rotatable bonds is 3. The summed E-state index contributed by atoms with van der Waals surface area (Å²) >= 11 is 0. The van der Waals surface area contributed by atoms with Gasteiger partial charge in [0, 0.05) is 37.0 Å². The number of nitrogens with zero attached hydrogens (tertiary/aromatic N) is 2. The van der Waals surface area contributed by atoms with Crippen molar-refractivity contribution in [3.8, 4) is 0 Å². The molecule has 2 nitrogen and oxygen atoms in total. The standard InChI is InChI=1S/C14H18N2/c1-13(2)12-15-8-10-16(11-9-15)14-6-4-3-5-7-14/h3-11,13H,12H2,1-2H3. The molecule has 0 saturated heterocycles. The molecule has 1 heterocycles. The Kier molecular flexibility index (Phi) is 3.30. The van der Waals surface area contributed by atoms with Gasteiger partial charge in [0.1, 0.15) is 0 Å². The summed E-state index contributed by atoms with van der Waals surface area (Å²) in [5.41, 5.74) is 1.19. The molecule has 1 aromatic rings. The van der Waals surface area contributed by atoms with Crippen molar-refractivity contribution in [2.24, 2.45) is 5.92 Å². The van der Waals surface area contributed by atoms with E-state index in [0.29, 0.717) is 5.92 Å². The van der Waals surface area contributed by atoms with Crippen LogP contribution in [0.3, 0.4) is 0 Å². The minimum Gasteiger partial charge on any atom is -0.351 e. The van der Waals surface area contributed by atoms with Crippen molar-refractivity contribution in [1.29, 1.82) is 0 Å². The summed E-state index contributed by atoms with van der Waals surface area (Å²) in [6.07, 6.45) is 8.43. The molecule has 0 saturated carbocycles. The molecular formula is C14H18N2. The predicted octanol–water partition coefficient (Wildman–Crippen LogP) is 3.41. The molecule has 0 aromatic heterocycles. The maximum atomic E-state index is 2.23. The Morgan fingerprint density at radius 2 is 1.56 bits per heavy atom. The topological polar surface area (TPSA) is 6.48 Å². The molecule has 0 N–H and O–H groups in total. The molecule has 2 heteroatoms. The molecule has 0 bridgehead atoms. The van der Waals surface area contributed by atoms with Crippen molar-refractivity contribution in [2.45, 2.75) is 13.8 Å². The third-order valence-electron chi connectivity index (χ3n) is 2.47. The van der Waals surface area contributed by atoms with Gasteiger partial charge in [0.25, 0.3) is 0 Å². The van der Waals surface area contributed by atoms with Gasteiger partial charge in [-0.25, -0.2) is 0 Å². The minimum absolute atomic E-state index is 0.678. The second kappa shape index (κ2) is 4.88. The van der Waals surface area contributed by atoms with E-state index in [1.807, 2.05) is 6.07 Å². The van der Waals surface area contributed by atoms with Crippen LogP contribution in [0.1, 0.15) is 13.8 Å². The molecule has 84 valence electrons. The monoisotopic (exact) mass is 214 g/mol. The van der Waals surface area contributed by atoms with Gasteiger partial charge >= 0.3 is 0 Å². The van der Waals surface area contributed by atoms with Crippen LogP contribution in [0.4, 0.5) is 5.69 Å². The number of anilines is 1.